The van der Waals surface area contributed by atoms with E-state index < -0.39 is 0 Å². The predicted molar refractivity (Wildman–Crippen MR) is 104 cm³/mol. The van der Waals surface area contributed by atoms with Gasteiger partial charge in [-0.2, -0.15) is 0 Å². The molecular weight excluding hydrogens is 342 g/mol. The van der Waals surface area contributed by atoms with Gasteiger partial charge in [-0.15, -0.1) is 5.10 Å². The highest BCUT2D eigenvalue weighted by Gasteiger charge is 2.14. The summed E-state index contributed by atoms with van der Waals surface area (Å²) in [5, 5.41) is 10.6. The number of carbonyl (C=O) groups excluding carboxylic acids is 1. The molecule has 0 aliphatic carbocycles. The molecule has 3 aromatic rings. The lowest BCUT2D eigenvalue weighted by Gasteiger charge is -2.07. The fraction of sp³-hybridized carbons (Fsp3) is 0.286. The quantitative estimate of drug-likeness (QED) is 0.609. The van der Waals surface area contributed by atoms with Crippen LogP contribution in [0.25, 0.3) is 11.5 Å². The zero-order valence-corrected chi connectivity index (χ0v) is 15.8. The molecule has 0 radical (unpaired) electrons. The number of unbranched alkanes of at least 4 members (excludes halogenated alkanes) is 1. The Morgan fingerprint density at radius 3 is 2.81 bits per heavy atom. The van der Waals surface area contributed by atoms with E-state index in [9.17, 15) is 4.79 Å². The Labute approximate surface area is 158 Å². The second kappa shape index (κ2) is 8.49. The summed E-state index contributed by atoms with van der Waals surface area (Å²) in [6, 6.07) is 13.1. The second-order valence-electron chi connectivity index (χ2n) is 6.41. The molecule has 3 rings (SSSR count). The van der Waals surface area contributed by atoms with Crippen molar-refractivity contribution < 1.29 is 13.9 Å². The van der Waals surface area contributed by atoms with Gasteiger partial charge in [-0.3, -0.25) is 10.1 Å². The first kappa shape index (κ1) is 18.6. The van der Waals surface area contributed by atoms with E-state index in [2.05, 4.69) is 22.4 Å². The summed E-state index contributed by atoms with van der Waals surface area (Å²) in [4.78, 5) is 12.5. The lowest BCUT2D eigenvalue weighted by atomic mass is 10.1. The standard InChI is InChI=1S/C21H23N3O3/c1-4-5-11-26-17-8-6-7-16(13-17)19(25)22-21-24-23-20(27-21)18-12-14(2)9-10-15(18)3/h6-10,12-13H,4-5,11H2,1-3H3,(H,22,24,25). The van der Waals surface area contributed by atoms with Gasteiger partial charge in [0.1, 0.15) is 5.75 Å². The maximum atomic E-state index is 12.5. The smallest absolute Gasteiger partial charge is 0.322 e. The molecule has 2 aromatic carbocycles. The van der Waals surface area contributed by atoms with Gasteiger partial charge in [0.25, 0.3) is 5.91 Å². The normalized spacial score (nSPS) is 10.6. The molecule has 1 N–H and O–H groups in total. The van der Waals surface area contributed by atoms with Gasteiger partial charge in [-0.1, -0.05) is 42.2 Å². The van der Waals surface area contributed by atoms with Crippen molar-refractivity contribution in [1.29, 1.82) is 0 Å². The van der Waals surface area contributed by atoms with Gasteiger partial charge in [0.05, 0.1) is 6.61 Å². The number of amides is 1. The Balaban J connectivity index is 1.71. The highest BCUT2D eigenvalue weighted by molar-refractivity contribution is 6.03. The topological polar surface area (TPSA) is 77.2 Å². The third-order valence-electron chi connectivity index (χ3n) is 4.13. The molecule has 0 aliphatic heterocycles. The van der Waals surface area contributed by atoms with Crippen LogP contribution in [0.2, 0.25) is 0 Å². The van der Waals surface area contributed by atoms with Crippen molar-refractivity contribution >= 4 is 11.9 Å². The highest BCUT2D eigenvalue weighted by Crippen LogP contribution is 2.25. The summed E-state index contributed by atoms with van der Waals surface area (Å²) in [5.74, 6) is 0.716. The molecule has 1 aromatic heterocycles. The van der Waals surface area contributed by atoms with Gasteiger partial charge in [0, 0.05) is 11.1 Å². The molecular formula is C21H23N3O3. The number of benzene rings is 2. The number of ether oxygens (including phenoxy) is 1. The van der Waals surface area contributed by atoms with Crippen LogP contribution in [-0.4, -0.2) is 22.7 Å². The van der Waals surface area contributed by atoms with E-state index in [0.717, 1.165) is 29.5 Å². The molecule has 0 atom stereocenters. The first-order valence-corrected chi connectivity index (χ1v) is 9.02. The number of hydrogen-bond donors (Lipinski definition) is 1. The average Bonchev–Trinajstić information content (AvgIpc) is 3.12. The van der Waals surface area contributed by atoms with Crippen LogP contribution in [0.1, 0.15) is 41.3 Å². The Morgan fingerprint density at radius 2 is 2.00 bits per heavy atom. The summed E-state index contributed by atoms with van der Waals surface area (Å²) in [6.45, 7) is 6.70. The summed E-state index contributed by atoms with van der Waals surface area (Å²) in [5.41, 5.74) is 3.45. The lowest BCUT2D eigenvalue weighted by molar-refractivity contribution is 0.102. The van der Waals surface area contributed by atoms with Crippen LogP contribution in [-0.2, 0) is 0 Å². The van der Waals surface area contributed by atoms with E-state index in [1.807, 2.05) is 38.1 Å². The lowest BCUT2D eigenvalue weighted by Crippen LogP contribution is -2.12. The van der Waals surface area contributed by atoms with Gasteiger partial charge in [-0.25, -0.2) is 0 Å². The number of carbonyl (C=O) groups is 1. The zero-order valence-electron chi connectivity index (χ0n) is 15.8. The SMILES string of the molecule is CCCCOc1cccc(C(=O)Nc2nnc(-c3cc(C)ccc3C)o2)c1. The van der Waals surface area contributed by atoms with Gasteiger partial charge in [-0.05, 0) is 50.1 Å². The Hall–Kier alpha value is -3.15. The number of hydrogen-bond acceptors (Lipinski definition) is 5. The molecule has 6 heteroatoms. The van der Waals surface area contributed by atoms with Gasteiger partial charge in [0.2, 0.25) is 5.89 Å². The Kier molecular flexibility index (Phi) is 5.86. The number of aromatic nitrogens is 2. The molecule has 0 unspecified atom stereocenters. The Morgan fingerprint density at radius 1 is 1.15 bits per heavy atom. The number of nitrogens with zero attached hydrogens (tertiary/aromatic N) is 2. The maximum absolute atomic E-state index is 12.5. The minimum Gasteiger partial charge on any atom is -0.494 e. The van der Waals surface area contributed by atoms with Crippen LogP contribution in [0.3, 0.4) is 0 Å². The average molecular weight is 365 g/mol. The largest absolute Gasteiger partial charge is 0.494 e. The van der Waals surface area contributed by atoms with Crippen molar-refractivity contribution in [3.8, 4) is 17.2 Å². The number of anilines is 1. The van der Waals surface area contributed by atoms with E-state index >= 15 is 0 Å². The van der Waals surface area contributed by atoms with E-state index in [0.29, 0.717) is 23.8 Å². The zero-order chi connectivity index (χ0) is 19.2. The van der Waals surface area contributed by atoms with E-state index in [1.165, 1.54) is 0 Å². The fourth-order valence-electron chi connectivity index (χ4n) is 2.58. The third-order valence-corrected chi connectivity index (χ3v) is 4.13. The fourth-order valence-corrected chi connectivity index (χ4v) is 2.58. The molecule has 0 spiro atoms. The third kappa shape index (κ3) is 4.73. The van der Waals surface area contributed by atoms with Crippen molar-refractivity contribution in [1.82, 2.24) is 10.2 Å². The van der Waals surface area contributed by atoms with Crippen LogP contribution >= 0.6 is 0 Å². The minimum atomic E-state index is -0.327. The molecule has 0 aliphatic rings. The van der Waals surface area contributed by atoms with Gasteiger partial charge >= 0.3 is 6.01 Å². The molecule has 0 saturated carbocycles. The van der Waals surface area contributed by atoms with Crippen LogP contribution in [0, 0.1) is 13.8 Å². The first-order valence-electron chi connectivity index (χ1n) is 9.02. The molecule has 0 saturated heterocycles. The molecule has 6 nitrogen and oxygen atoms in total. The number of rotatable bonds is 7. The van der Waals surface area contributed by atoms with E-state index in [4.69, 9.17) is 9.15 Å². The molecule has 140 valence electrons. The number of nitrogens with one attached hydrogen (secondary N) is 1. The molecule has 1 heterocycles. The summed E-state index contributed by atoms with van der Waals surface area (Å²) in [6.07, 6.45) is 2.03. The van der Waals surface area contributed by atoms with Gasteiger partial charge < -0.3 is 9.15 Å². The van der Waals surface area contributed by atoms with E-state index in [1.54, 1.807) is 18.2 Å². The van der Waals surface area contributed by atoms with Gasteiger partial charge in [0.15, 0.2) is 0 Å². The summed E-state index contributed by atoms with van der Waals surface area (Å²) in [7, 11) is 0. The maximum Gasteiger partial charge on any atom is 0.322 e. The van der Waals surface area contributed by atoms with Crippen molar-refractivity contribution in [3.63, 3.8) is 0 Å². The van der Waals surface area contributed by atoms with Crippen molar-refractivity contribution in [2.24, 2.45) is 0 Å². The summed E-state index contributed by atoms with van der Waals surface area (Å²) < 4.78 is 11.3. The second-order valence-corrected chi connectivity index (χ2v) is 6.41. The highest BCUT2D eigenvalue weighted by atomic mass is 16.5. The molecule has 1 amide bonds. The number of aryl methyl sites for hydroxylation is 2. The van der Waals surface area contributed by atoms with Crippen molar-refractivity contribution in [3.05, 3.63) is 59.2 Å². The Bertz CT molecular complexity index is 934. The monoisotopic (exact) mass is 365 g/mol. The van der Waals surface area contributed by atoms with Crippen molar-refractivity contribution in [2.45, 2.75) is 33.6 Å². The van der Waals surface area contributed by atoms with Crippen LogP contribution in [0.15, 0.2) is 46.9 Å². The predicted octanol–water partition coefficient (Wildman–Crippen LogP) is 4.78. The first-order chi connectivity index (χ1) is 13.1. The summed E-state index contributed by atoms with van der Waals surface area (Å²) >= 11 is 0. The van der Waals surface area contributed by atoms with E-state index in [-0.39, 0.29) is 11.9 Å². The molecule has 27 heavy (non-hydrogen) atoms. The molecule has 0 fully saturated rings. The minimum absolute atomic E-state index is 0.0632. The van der Waals surface area contributed by atoms with Crippen LogP contribution in [0.5, 0.6) is 5.75 Å². The van der Waals surface area contributed by atoms with Crippen LogP contribution in [0.4, 0.5) is 6.01 Å². The molecule has 0 bridgehead atoms. The van der Waals surface area contributed by atoms with Crippen molar-refractivity contribution in [2.75, 3.05) is 11.9 Å². The van der Waals surface area contributed by atoms with Crippen LogP contribution < -0.4 is 10.1 Å².